The van der Waals surface area contributed by atoms with Gasteiger partial charge >= 0.3 is 5.91 Å². The van der Waals surface area contributed by atoms with Gasteiger partial charge in [-0.3, -0.25) is 4.79 Å². The van der Waals surface area contributed by atoms with Crippen LogP contribution in [0.2, 0.25) is 0 Å². The minimum absolute atomic E-state index is 0.110. The van der Waals surface area contributed by atoms with Gasteiger partial charge in [0, 0.05) is 17.5 Å². The number of hydrogen-bond acceptors (Lipinski definition) is 6. The number of carbonyl (C=O) groups excluding carboxylic acids is 1. The third-order valence-electron chi connectivity index (χ3n) is 4.86. The molecular formula is C22H20N2O5. The van der Waals surface area contributed by atoms with E-state index in [0.29, 0.717) is 29.2 Å². The van der Waals surface area contributed by atoms with Crippen molar-refractivity contribution in [3.8, 4) is 17.2 Å². The second kappa shape index (κ2) is 7.71. The summed E-state index contributed by atoms with van der Waals surface area (Å²) in [5.41, 5.74) is 2.11. The fourth-order valence-corrected chi connectivity index (χ4v) is 3.41. The zero-order valence-corrected chi connectivity index (χ0v) is 16.0. The van der Waals surface area contributed by atoms with Crippen LogP contribution in [0.3, 0.4) is 0 Å². The van der Waals surface area contributed by atoms with Crippen molar-refractivity contribution in [3.63, 3.8) is 0 Å². The Kier molecular flexibility index (Phi) is 4.95. The molecule has 7 nitrogen and oxygen atoms in total. The van der Waals surface area contributed by atoms with Crippen LogP contribution in [0.25, 0.3) is 0 Å². The van der Waals surface area contributed by atoms with E-state index in [0.717, 1.165) is 5.56 Å². The molecule has 3 aromatic rings. The molecule has 148 valence electrons. The van der Waals surface area contributed by atoms with Crippen molar-refractivity contribution in [1.29, 1.82) is 0 Å². The highest BCUT2D eigenvalue weighted by Gasteiger charge is 2.36. The van der Waals surface area contributed by atoms with Crippen molar-refractivity contribution >= 4 is 11.6 Å². The van der Waals surface area contributed by atoms with E-state index < -0.39 is 6.04 Å². The van der Waals surface area contributed by atoms with E-state index in [1.165, 1.54) is 11.3 Å². The van der Waals surface area contributed by atoms with E-state index in [1.54, 1.807) is 50.6 Å². The summed E-state index contributed by atoms with van der Waals surface area (Å²) < 4.78 is 15.9. The Hall–Kier alpha value is -3.74. The number of nitrogens with zero attached hydrogens (tertiary/aromatic N) is 2. The molecule has 1 N–H and O–H groups in total. The zero-order chi connectivity index (χ0) is 20.4. The van der Waals surface area contributed by atoms with Crippen LogP contribution in [0.4, 0.5) is 0 Å². The molecule has 0 radical (unpaired) electrons. The number of methoxy groups -OCH3 is 2. The molecule has 4 rings (SSSR count). The summed E-state index contributed by atoms with van der Waals surface area (Å²) >= 11 is 0. The maximum Gasteiger partial charge on any atom is 0.310 e. The lowest BCUT2D eigenvalue weighted by Crippen LogP contribution is -2.26. The fraction of sp³-hybridized carbons (Fsp3) is 0.182. The highest BCUT2D eigenvalue weighted by atomic mass is 16.5. The smallest absolute Gasteiger partial charge is 0.310 e. The molecule has 1 aliphatic rings. The van der Waals surface area contributed by atoms with Gasteiger partial charge in [-0.05, 0) is 36.4 Å². The van der Waals surface area contributed by atoms with E-state index >= 15 is 0 Å². The van der Waals surface area contributed by atoms with E-state index in [4.69, 9.17) is 13.9 Å². The zero-order valence-electron chi connectivity index (χ0n) is 16.0. The van der Waals surface area contributed by atoms with Crippen molar-refractivity contribution in [2.45, 2.75) is 12.5 Å². The molecule has 2 aromatic carbocycles. The standard InChI is InChI=1S/C22H20N2O5/c1-27-19-10-9-14(12-21(19)28-2)16-13-17(15-6-3-4-7-18(15)25)24(23-16)22(26)20-8-5-11-29-20/h3-12,17,25H,13H2,1-2H3/t17-/m1/s1. The minimum Gasteiger partial charge on any atom is -0.508 e. The molecule has 0 saturated heterocycles. The minimum atomic E-state index is -0.461. The lowest BCUT2D eigenvalue weighted by atomic mass is 9.97. The molecule has 7 heteroatoms. The quantitative estimate of drug-likeness (QED) is 0.710. The maximum absolute atomic E-state index is 13.0. The van der Waals surface area contributed by atoms with Gasteiger partial charge in [-0.2, -0.15) is 5.10 Å². The molecule has 0 unspecified atom stereocenters. The molecule has 0 fully saturated rings. The Morgan fingerprint density at radius 1 is 1.10 bits per heavy atom. The van der Waals surface area contributed by atoms with Gasteiger partial charge in [0.1, 0.15) is 5.75 Å². The summed E-state index contributed by atoms with van der Waals surface area (Å²) in [7, 11) is 3.14. The number of para-hydroxylation sites is 1. The van der Waals surface area contributed by atoms with Gasteiger partial charge in [0.05, 0.1) is 32.2 Å². The number of phenolic OH excluding ortho intramolecular Hbond substituents is 1. The van der Waals surface area contributed by atoms with E-state index in [2.05, 4.69) is 5.10 Å². The van der Waals surface area contributed by atoms with Crippen molar-refractivity contribution in [3.05, 3.63) is 77.7 Å². The molecule has 1 amide bonds. The third-order valence-corrected chi connectivity index (χ3v) is 4.86. The van der Waals surface area contributed by atoms with Crippen LogP contribution in [0.5, 0.6) is 17.2 Å². The molecule has 1 aromatic heterocycles. The van der Waals surface area contributed by atoms with Gasteiger partial charge in [0.25, 0.3) is 0 Å². The summed E-state index contributed by atoms with van der Waals surface area (Å²) in [6.07, 6.45) is 1.87. The van der Waals surface area contributed by atoms with Gasteiger partial charge in [-0.25, -0.2) is 5.01 Å². The molecule has 0 saturated carbocycles. The number of aromatic hydroxyl groups is 1. The second-order valence-corrected chi connectivity index (χ2v) is 6.52. The van der Waals surface area contributed by atoms with Crippen LogP contribution in [-0.4, -0.2) is 36.0 Å². The Labute approximate surface area is 167 Å². The Morgan fingerprint density at radius 2 is 1.90 bits per heavy atom. The van der Waals surface area contributed by atoms with Gasteiger partial charge in [-0.1, -0.05) is 18.2 Å². The number of benzene rings is 2. The van der Waals surface area contributed by atoms with Crippen LogP contribution in [0.1, 0.15) is 34.1 Å². The topological polar surface area (TPSA) is 84.5 Å². The average Bonchev–Trinajstić information content (AvgIpc) is 3.43. The summed E-state index contributed by atoms with van der Waals surface area (Å²) in [5.74, 6) is 1.10. The number of phenols is 1. The van der Waals surface area contributed by atoms with Gasteiger partial charge in [0.2, 0.25) is 0 Å². The molecule has 1 aliphatic heterocycles. The highest BCUT2D eigenvalue weighted by molar-refractivity contribution is 6.05. The maximum atomic E-state index is 13.0. The van der Waals surface area contributed by atoms with Crippen molar-refractivity contribution < 1.29 is 23.8 Å². The number of furan rings is 1. The second-order valence-electron chi connectivity index (χ2n) is 6.52. The van der Waals surface area contributed by atoms with Gasteiger partial charge < -0.3 is 19.0 Å². The molecule has 2 heterocycles. The first-order valence-electron chi connectivity index (χ1n) is 9.07. The molecule has 0 bridgehead atoms. The van der Waals surface area contributed by atoms with E-state index in [1.807, 2.05) is 18.2 Å². The number of hydrazone groups is 1. The Balaban J connectivity index is 1.75. The first-order chi connectivity index (χ1) is 14.1. The van der Waals surface area contributed by atoms with Gasteiger partial charge in [0.15, 0.2) is 17.3 Å². The normalized spacial score (nSPS) is 15.9. The lowest BCUT2D eigenvalue weighted by Gasteiger charge is -2.21. The van der Waals surface area contributed by atoms with Crippen LogP contribution in [0, 0.1) is 0 Å². The van der Waals surface area contributed by atoms with Crippen molar-refractivity contribution in [1.82, 2.24) is 5.01 Å². The largest absolute Gasteiger partial charge is 0.508 e. The van der Waals surface area contributed by atoms with Gasteiger partial charge in [-0.15, -0.1) is 0 Å². The van der Waals surface area contributed by atoms with Crippen LogP contribution in [-0.2, 0) is 0 Å². The number of rotatable bonds is 5. The average molecular weight is 392 g/mol. The fourth-order valence-electron chi connectivity index (χ4n) is 3.41. The molecule has 0 aliphatic carbocycles. The highest BCUT2D eigenvalue weighted by Crippen LogP contribution is 2.39. The number of hydrogen-bond donors (Lipinski definition) is 1. The first-order valence-corrected chi connectivity index (χ1v) is 9.07. The van der Waals surface area contributed by atoms with Crippen LogP contribution >= 0.6 is 0 Å². The SMILES string of the molecule is COc1ccc(C2=NN(C(=O)c3ccco3)[C@@H](c3ccccc3O)C2)cc1OC. The van der Waals surface area contributed by atoms with Crippen LogP contribution in [0.15, 0.2) is 70.4 Å². The molecule has 29 heavy (non-hydrogen) atoms. The van der Waals surface area contributed by atoms with E-state index in [9.17, 15) is 9.90 Å². The van der Waals surface area contributed by atoms with E-state index in [-0.39, 0.29) is 17.4 Å². The summed E-state index contributed by atoms with van der Waals surface area (Å²) in [6, 6.07) is 15.2. The number of carbonyl (C=O) groups is 1. The third kappa shape index (κ3) is 3.42. The predicted molar refractivity (Wildman–Crippen MR) is 106 cm³/mol. The summed E-state index contributed by atoms with van der Waals surface area (Å²) in [6.45, 7) is 0. The summed E-state index contributed by atoms with van der Waals surface area (Å²) in [4.78, 5) is 13.0. The Morgan fingerprint density at radius 3 is 2.59 bits per heavy atom. The monoisotopic (exact) mass is 392 g/mol. The Bertz CT molecular complexity index is 1060. The van der Waals surface area contributed by atoms with Crippen molar-refractivity contribution in [2.75, 3.05) is 14.2 Å². The molecular weight excluding hydrogens is 372 g/mol. The first kappa shape index (κ1) is 18.6. The lowest BCUT2D eigenvalue weighted by molar-refractivity contribution is 0.0677. The summed E-state index contributed by atoms with van der Waals surface area (Å²) in [5, 5.41) is 16.3. The number of amides is 1. The molecule has 0 spiro atoms. The number of ether oxygens (including phenoxy) is 2. The van der Waals surface area contributed by atoms with Crippen LogP contribution < -0.4 is 9.47 Å². The van der Waals surface area contributed by atoms with Crippen molar-refractivity contribution in [2.24, 2.45) is 5.10 Å². The predicted octanol–water partition coefficient (Wildman–Crippen LogP) is 3.99. The molecule has 1 atom stereocenters.